The Morgan fingerprint density at radius 2 is 1.29 bits per heavy atom. The van der Waals surface area contributed by atoms with Gasteiger partial charge < -0.3 is 4.90 Å². The Labute approximate surface area is 113 Å². The zero-order chi connectivity index (χ0) is 11.2. The van der Waals surface area contributed by atoms with Crippen molar-refractivity contribution >= 4 is 12.4 Å². The van der Waals surface area contributed by atoms with E-state index in [0.717, 1.165) is 23.2 Å². The van der Waals surface area contributed by atoms with Crippen molar-refractivity contribution < 1.29 is 0 Å². The molecule has 100 valence electrons. The third-order valence-electron chi connectivity index (χ3n) is 5.62. The average molecular weight is 258 g/mol. The van der Waals surface area contributed by atoms with Crippen molar-refractivity contribution in [3.63, 3.8) is 0 Å². The molecule has 0 aromatic rings. The van der Waals surface area contributed by atoms with E-state index in [1.807, 2.05) is 0 Å². The van der Waals surface area contributed by atoms with Crippen molar-refractivity contribution in [2.75, 3.05) is 19.6 Å². The Kier molecular flexibility index (Phi) is 4.09. The second-order valence-electron chi connectivity index (χ2n) is 6.88. The van der Waals surface area contributed by atoms with E-state index in [0.29, 0.717) is 0 Å². The van der Waals surface area contributed by atoms with Gasteiger partial charge >= 0.3 is 0 Å². The van der Waals surface area contributed by atoms with E-state index in [-0.39, 0.29) is 12.4 Å². The highest BCUT2D eigenvalue weighted by molar-refractivity contribution is 5.85. The fourth-order valence-corrected chi connectivity index (χ4v) is 5.41. The van der Waals surface area contributed by atoms with Crippen molar-refractivity contribution in [2.45, 2.75) is 52.4 Å². The van der Waals surface area contributed by atoms with E-state index >= 15 is 0 Å². The molecule has 4 saturated carbocycles. The van der Waals surface area contributed by atoms with E-state index in [4.69, 9.17) is 0 Å². The number of rotatable bonds is 4. The van der Waals surface area contributed by atoms with E-state index in [1.54, 1.807) is 38.5 Å². The van der Waals surface area contributed by atoms with Gasteiger partial charge in [-0.25, -0.2) is 0 Å². The standard InChI is InChI=1S/C15H27N.ClH/c1-3-16(4-2)11-15-8-12-5-13(9-15)7-14(6-12)10-15;/h12-14H,3-11H2,1-2H3;1H. The van der Waals surface area contributed by atoms with E-state index in [2.05, 4.69) is 18.7 Å². The van der Waals surface area contributed by atoms with Crippen LogP contribution in [-0.4, -0.2) is 24.5 Å². The Bertz CT molecular complexity index is 224. The minimum absolute atomic E-state index is 0. The summed E-state index contributed by atoms with van der Waals surface area (Å²) in [6, 6.07) is 0. The molecule has 17 heavy (non-hydrogen) atoms. The zero-order valence-electron chi connectivity index (χ0n) is 11.5. The molecule has 0 atom stereocenters. The zero-order valence-corrected chi connectivity index (χ0v) is 12.3. The van der Waals surface area contributed by atoms with Gasteiger partial charge in [0, 0.05) is 6.54 Å². The van der Waals surface area contributed by atoms with Crippen molar-refractivity contribution in [1.82, 2.24) is 4.90 Å². The molecule has 4 fully saturated rings. The summed E-state index contributed by atoms with van der Waals surface area (Å²) < 4.78 is 0. The highest BCUT2D eigenvalue weighted by Crippen LogP contribution is 2.60. The lowest BCUT2D eigenvalue weighted by molar-refractivity contribution is -0.0679. The monoisotopic (exact) mass is 257 g/mol. The average Bonchev–Trinajstić information content (AvgIpc) is 2.24. The van der Waals surface area contributed by atoms with Crippen LogP contribution in [0.2, 0.25) is 0 Å². The van der Waals surface area contributed by atoms with Crippen LogP contribution in [0.25, 0.3) is 0 Å². The first-order valence-corrected chi connectivity index (χ1v) is 7.45. The van der Waals surface area contributed by atoms with Gasteiger partial charge in [0.2, 0.25) is 0 Å². The molecular weight excluding hydrogens is 230 g/mol. The molecule has 0 unspecified atom stereocenters. The van der Waals surface area contributed by atoms with Crippen molar-refractivity contribution in [3.8, 4) is 0 Å². The normalized spacial score (nSPS) is 42.9. The van der Waals surface area contributed by atoms with Gasteiger partial charge in [0.05, 0.1) is 0 Å². The van der Waals surface area contributed by atoms with Gasteiger partial charge in [-0.15, -0.1) is 12.4 Å². The molecular formula is C15H28ClN. The summed E-state index contributed by atoms with van der Waals surface area (Å²) in [4.78, 5) is 2.67. The maximum atomic E-state index is 2.67. The maximum absolute atomic E-state index is 2.67. The quantitative estimate of drug-likeness (QED) is 0.737. The fourth-order valence-electron chi connectivity index (χ4n) is 5.41. The van der Waals surface area contributed by atoms with Gasteiger partial charge in [-0.05, 0) is 74.8 Å². The predicted octanol–water partition coefficient (Wildman–Crippen LogP) is 3.97. The summed E-state index contributed by atoms with van der Waals surface area (Å²) in [5.74, 6) is 3.34. The van der Waals surface area contributed by atoms with Gasteiger partial charge in [-0.1, -0.05) is 13.8 Å². The van der Waals surface area contributed by atoms with Crippen LogP contribution in [0.15, 0.2) is 0 Å². The largest absolute Gasteiger partial charge is 0.303 e. The number of nitrogens with zero attached hydrogens (tertiary/aromatic N) is 1. The van der Waals surface area contributed by atoms with Crippen LogP contribution in [0, 0.1) is 23.2 Å². The number of hydrogen-bond donors (Lipinski definition) is 0. The summed E-state index contributed by atoms with van der Waals surface area (Å²) in [5.41, 5.74) is 0.751. The molecule has 0 aromatic heterocycles. The molecule has 4 rings (SSSR count). The lowest BCUT2D eigenvalue weighted by atomic mass is 9.49. The van der Waals surface area contributed by atoms with Crippen LogP contribution in [0.1, 0.15) is 52.4 Å². The van der Waals surface area contributed by atoms with Crippen LogP contribution in [0.5, 0.6) is 0 Å². The van der Waals surface area contributed by atoms with Crippen LogP contribution < -0.4 is 0 Å². The van der Waals surface area contributed by atoms with Gasteiger partial charge in [0.1, 0.15) is 0 Å². The lowest BCUT2D eigenvalue weighted by Gasteiger charge is -2.58. The third-order valence-corrected chi connectivity index (χ3v) is 5.62. The molecule has 0 spiro atoms. The lowest BCUT2D eigenvalue weighted by Crippen LogP contribution is -2.51. The molecule has 0 heterocycles. The van der Waals surface area contributed by atoms with E-state index < -0.39 is 0 Å². The Morgan fingerprint density at radius 1 is 0.882 bits per heavy atom. The second kappa shape index (κ2) is 5.09. The van der Waals surface area contributed by atoms with Crippen LogP contribution in [0.4, 0.5) is 0 Å². The SMILES string of the molecule is CCN(CC)CC12CC3CC(CC(C3)C1)C2.Cl. The second-order valence-corrected chi connectivity index (χ2v) is 6.88. The van der Waals surface area contributed by atoms with Crippen molar-refractivity contribution in [2.24, 2.45) is 23.2 Å². The number of hydrogen-bond acceptors (Lipinski definition) is 1. The molecule has 0 aliphatic heterocycles. The smallest absolute Gasteiger partial charge is 0.00380 e. The maximum Gasteiger partial charge on any atom is 0.00380 e. The summed E-state index contributed by atoms with van der Waals surface area (Å²) >= 11 is 0. The first kappa shape index (κ1) is 13.7. The molecule has 0 saturated heterocycles. The van der Waals surface area contributed by atoms with Crippen LogP contribution in [-0.2, 0) is 0 Å². The highest BCUT2D eigenvalue weighted by atomic mass is 35.5. The molecule has 4 bridgehead atoms. The minimum Gasteiger partial charge on any atom is -0.303 e. The Hall–Kier alpha value is 0.250. The first-order valence-electron chi connectivity index (χ1n) is 7.45. The van der Waals surface area contributed by atoms with Crippen LogP contribution >= 0.6 is 12.4 Å². The molecule has 0 aromatic carbocycles. The minimum atomic E-state index is 0. The molecule has 4 aliphatic carbocycles. The number of halogens is 1. The van der Waals surface area contributed by atoms with Crippen molar-refractivity contribution in [3.05, 3.63) is 0 Å². The van der Waals surface area contributed by atoms with Gasteiger partial charge in [0.25, 0.3) is 0 Å². The Morgan fingerprint density at radius 3 is 1.65 bits per heavy atom. The third kappa shape index (κ3) is 2.51. The first-order chi connectivity index (χ1) is 7.73. The molecule has 2 heteroatoms. The van der Waals surface area contributed by atoms with Crippen LogP contribution in [0.3, 0.4) is 0 Å². The molecule has 0 radical (unpaired) electrons. The summed E-state index contributed by atoms with van der Waals surface area (Å²) in [5, 5.41) is 0. The summed E-state index contributed by atoms with van der Waals surface area (Å²) in [6.45, 7) is 8.55. The van der Waals surface area contributed by atoms with Gasteiger partial charge in [-0.3, -0.25) is 0 Å². The predicted molar refractivity (Wildman–Crippen MR) is 75.6 cm³/mol. The van der Waals surface area contributed by atoms with E-state index in [9.17, 15) is 0 Å². The Balaban J connectivity index is 0.00000108. The van der Waals surface area contributed by atoms with Crippen molar-refractivity contribution in [1.29, 1.82) is 0 Å². The summed E-state index contributed by atoms with van der Waals surface area (Å²) in [6.07, 6.45) is 9.44. The molecule has 4 aliphatic rings. The summed E-state index contributed by atoms with van der Waals surface area (Å²) in [7, 11) is 0. The molecule has 0 amide bonds. The van der Waals surface area contributed by atoms with E-state index in [1.165, 1.54) is 19.6 Å². The van der Waals surface area contributed by atoms with Gasteiger partial charge in [0.15, 0.2) is 0 Å². The van der Waals surface area contributed by atoms with Gasteiger partial charge in [-0.2, -0.15) is 0 Å². The fraction of sp³-hybridized carbons (Fsp3) is 1.00. The molecule has 1 nitrogen and oxygen atoms in total. The highest BCUT2D eigenvalue weighted by Gasteiger charge is 2.50. The topological polar surface area (TPSA) is 3.24 Å². The molecule has 0 N–H and O–H groups in total.